The molecule has 1 heterocycles. The Hall–Kier alpha value is -2.14. The molecule has 0 bridgehead atoms. The maximum absolute atomic E-state index is 11.9. The van der Waals surface area contributed by atoms with Crippen LogP contribution in [-0.4, -0.2) is 17.0 Å². The van der Waals surface area contributed by atoms with E-state index >= 15 is 0 Å². The molecule has 1 unspecified atom stereocenters. The summed E-state index contributed by atoms with van der Waals surface area (Å²) in [5, 5.41) is 13.6. The van der Waals surface area contributed by atoms with Crippen molar-refractivity contribution in [3.8, 4) is 0 Å². The van der Waals surface area contributed by atoms with E-state index in [1.807, 2.05) is 31.2 Å². The first-order valence-electron chi connectivity index (χ1n) is 6.67. The Morgan fingerprint density at radius 3 is 2.71 bits per heavy atom. The number of hydrogen-bond acceptors (Lipinski definition) is 3. The van der Waals surface area contributed by atoms with E-state index in [4.69, 9.17) is 0 Å². The first-order chi connectivity index (χ1) is 10.1. The zero-order valence-corrected chi connectivity index (χ0v) is 12.5. The molecule has 1 aromatic heterocycles. The van der Waals surface area contributed by atoms with Crippen molar-refractivity contribution in [2.45, 2.75) is 25.8 Å². The highest BCUT2D eigenvalue weighted by Crippen LogP contribution is 2.19. The van der Waals surface area contributed by atoms with Crippen LogP contribution < -0.4 is 5.32 Å². The van der Waals surface area contributed by atoms with Gasteiger partial charge in [0.2, 0.25) is 5.91 Å². The van der Waals surface area contributed by atoms with Crippen molar-refractivity contribution < 1.29 is 14.7 Å². The molecule has 21 heavy (non-hydrogen) atoms. The molecule has 0 saturated heterocycles. The highest BCUT2D eigenvalue weighted by Gasteiger charge is 2.22. The number of thiophene rings is 1. The van der Waals surface area contributed by atoms with Crippen LogP contribution in [0, 0.1) is 6.92 Å². The number of carboxylic acids is 1. The van der Waals surface area contributed by atoms with Crippen LogP contribution in [0.4, 0.5) is 0 Å². The number of rotatable bonds is 6. The second kappa shape index (κ2) is 7.04. The fourth-order valence-electron chi connectivity index (χ4n) is 2.07. The molecule has 0 spiro atoms. The van der Waals surface area contributed by atoms with Gasteiger partial charge in [0, 0.05) is 11.3 Å². The molecular formula is C16H17NO3S. The lowest BCUT2D eigenvalue weighted by atomic mass is 10.1. The third kappa shape index (κ3) is 4.43. The summed E-state index contributed by atoms with van der Waals surface area (Å²) in [4.78, 5) is 23.8. The van der Waals surface area contributed by atoms with Gasteiger partial charge in [-0.1, -0.05) is 35.9 Å². The van der Waals surface area contributed by atoms with E-state index < -0.39 is 12.0 Å². The Kier molecular flexibility index (Phi) is 5.11. The summed E-state index contributed by atoms with van der Waals surface area (Å²) < 4.78 is 0. The Bertz CT molecular complexity index is 622. The third-order valence-corrected chi connectivity index (χ3v) is 4.04. The molecular weight excluding hydrogens is 286 g/mol. The van der Waals surface area contributed by atoms with E-state index in [2.05, 4.69) is 5.32 Å². The minimum atomic E-state index is -1.04. The summed E-state index contributed by atoms with van der Waals surface area (Å²) in [6.45, 7) is 2.00. The smallest absolute Gasteiger partial charge is 0.331 e. The molecule has 1 aromatic carbocycles. The number of benzene rings is 1. The first kappa shape index (κ1) is 15.3. The molecule has 0 aliphatic heterocycles. The van der Waals surface area contributed by atoms with Gasteiger partial charge in [-0.15, -0.1) is 11.3 Å². The van der Waals surface area contributed by atoms with Gasteiger partial charge in [-0.25, -0.2) is 4.79 Å². The Morgan fingerprint density at radius 1 is 1.29 bits per heavy atom. The van der Waals surface area contributed by atoms with E-state index in [1.165, 1.54) is 11.3 Å². The van der Waals surface area contributed by atoms with Gasteiger partial charge in [0.15, 0.2) is 6.04 Å². The van der Waals surface area contributed by atoms with Crippen molar-refractivity contribution in [1.29, 1.82) is 0 Å². The zero-order valence-electron chi connectivity index (χ0n) is 11.7. The van der Waals surface area contributed by atoms with Crippen LogP contribution >= 0.6 is 11.3 Å². The molecule has 110 valence electrons. The van der Waals surface area contributed by atoms with E-state index in [0.29, 0.717) is 11.3 Å². The average Bonchev–Trinajstić information content (AvgIpc) is 2.96. The van der Waals surface area contributed by atoms with Crippen molar-refractivity contribution >= 4 is 23.2 Å². The molecule has 2 rings (SSSR count). The molecule has 0 fully saturated rings. The number of carbonyl (C=O) groups is 2. The summed E-state index contributed by atoms with van der Waals surface area (Å²) in [6, 6.07) is 10.5. The number of carboxylic acid groups (broad SMARTS) is 1. The number of nitrogens with one attached hydrogen (secondary N) is 1. The van der Waals surface area contributed by atoms with Gasteiger partial charge in [-0.2, -0.15) is 0 Å². The molecule has 0 saturated carbocycles. The van der Waals surface area contributed by atoms with Gasteiger partial charge in [0.1, 0.15) is 0 Å². The number of aryl methyl sites for hydroxylation is 2. The summed E-state index contributed by atoms with van der Waals surface area (Å²) in [7, 11) is 0. The number of carbonyl (C=O) groups excluding carboxylic acids is 1. The molecule has 2 N–H and O–H groups in total. The van der Waals surface area contributed by atoms with E-state index in [0.717, 1.165) is 11.1 Å². The summed E-state index contributed by atoms with van der Waals surface area (Å²) in [5.74, 6) is -1.29. The van der Waals surface area contributed by atoms with Gasteiger partial charge < -0.3 is 10.4 Å². The Morgan fingerprint density at radius 2 is 2.10 bits per heavy atom. The molecule has 0 aliphatic rings. The predicted octanol–water partition coefficient (Wildman–Crippen LogP) is 2.93. The van der Waals surface area contributed by atoms with Crippen LogP contribution in [0.25, 0.3) is 0 Å². The van der Waals surface area contributed by atoms with Gasteiger partial charge >= 0.3 is 5.97 Å². The second-order valence-electron chi connectivity index (χ2n) is 4.84. The van der Waals surface area contributed by atoms with Gasteiger partial charge in [-0.05, 0) is 30.4 Å². The average molecular weight is 303 g/mol. The molecule has 4 nitrogen and oxygen atoms in total. The highest BCUT2D eigenvalue weighted by atomic mass is 32.1. The van der Waals surface area contributed by atoms with E-state index in [9.17, 15) is 14.7 Å². The Balaban J connectivity index is 1.92. The van der Waals surface area contributed by atoms with Crippen molar-refractivity contribution in [3.05, 3.63) is 57.8 Å². The molecule has 5 heteroatoms. The second-order valence-corrected chi connectivity index (χ2v) is 5.82. The maximum atomic E-state index is 11.9. The molecule has 1 atom stereocenters. The highest BCUT2D eigenvalue weighted by molar-refractivity contribution is 7.10. The van der Waals surface area contributed by atoms with Crippen molar-refractivity contribution in [2.24, 2.45) is 0 Å². The molecule has 0 radical (unpaired) electrons. The predicted molar refractivity (Wildman–Crippen MR) is 82.3 cm³/mol. The zero-order chi connectivity index (χ0) is 15.2. The Labute approximate surface area is 127 Å². The minimum Gasteiger partial charge on any atom is -0.479 e. The largest absolute Gasteiger partial charge is 0.479 e. The normalized spacial score (nSPS) is 11.9. The number of amides is 1. The van der Waals surface area contributed by atoms with Crippen LogP contribution in [0.5, 0.6) is 0 Å². The summed E-state index contributed by atoms with van der Waals surface area (Å²) in [5.41, 5.74) is 2.23. The SMILES string of the molecule is Cc1cccc(CCC(=O)NC(C(=O)O)c2cccs2)c1. The van der Waals surface area contributed by atoms with Gasteiger partial charge in [0.25, 0.3) is 0 Å². The van der Waals surface area contributed by atoms with Gasteiger partial charge in [-0.3, -0.25) is 4.79 Å². The molecule has 1 amide bonds. The summed E-state index contributed by atoms with van der Waals surface area (Å²) in [6.07, 6.45) is 0.878. The fraction of sp³-hybridized carbons (Fsp3) is 0.250. The fourth-order valence-corrected chi connectivity index (χ4v) is 2.84. The molecule has 2 aromatic rings. The van der Waals surface area contributed by atoms with Crippen LogP contribution in [0.2, 0.25) is 0 Å². The first-order valence-corrected chi connectivity index (χ1v) is 7.55. The topological polar surface area (TPSA) is 66.4 Å². The van der Waals surface area contributed by atoms with Crippen molar-refractivity contribution in [2.75, 3.05) is 0 Å². The van der Waals surface area contributed by atoms with Crippen molar-refractivity contribution in [1.82, 2.24) is 5.32 Å². The van der Waals surface area contributed by atoms with Crippen LogP contribution in [-0.2, 0) is 16.0 Å². The number of hydrogen-bond donors (Lipinski definition) is 2. The minimum absolute atomic E-state index is 0.252. The van der Waals surface area contributed by atoms with E-state index in [1.54, 1.807) is 17.5 Å². The van der Waals surface area contributed by atoms with Crippen LogP contribution in [0.1, 0.15) is 28.5 Å². The summed E-state index contributed by atoms with van der Waals surface area (Å²) >= 11 is 1.32. The maximum Gasteiger partial charge on any atom is 0.331 e. The quantitative estimate of drug-likeness (QED) is 0.862. The number of aliphatic carboxylic acids is 1. The van der Waals surface area contributed by atoms with Crippen LogP contribution in [0.15, 0.2) is 41.8 Å². The van der Waals surface area contributed by atoms with E-state index in [-0.39, 0.29) is 12.3 Å². The van der Waals surface area contributed by atoms with Gasteiger partial charge in [0.05, 0.1) is 0 Å². The van der Waals surface area contributed by atoms with Crippen LogP contribution in [0.3, 0.4) is 0 Å². The standard InChI is InChI=1S/C16H17NO3S/c1-11-4-2-5-12(10-11)7-8-14(18)17-15(16(19)20)13-6-3-9-21-13/h2-6,9-10,15H,7-8H2,1H3,(H,17,18)(H,19,20). The monoisotopic (exact) mass is 303 g/mol. The lowest BCUT2D eigenvalue weighted by molar-refractivity contribution is -0.141. The lowest BCUT2D eigenvalue weighted by Gasteiger charge is -2.13. The molecule has 0 aliphatic carbocycles. The lowest BCUT2D eigenvalue weighted by Crippen LogP contribution is -2.33. The third-order valence-electron chi connectivity index (χ3n) is 3.10. The van der Waals surface area contributed by atoms with Crippen molar-refractivity contribution in [3.63, 3.8) is 0 Å².